The number of hydrogen-bond donors (Lipinski definition) is 0. The van der Waals surface area contributed by atoms with E-state index in [2.05, 4.69) is 0 Å². The highest BCUT2D eigenvalue weighted by atomic mass is 16.6. The van der Waals surface area contributed by atoms with Crippen LogP contribution in [0.1, 0.15) is 29.3 Å². The molecular formula is C14H17NO3. The minimum absolute atomic E-state index is 0.0521. The second-order valence-corrected chi connectivity index (χ2v) is 4.58. The standard InChI is InChI=1S/C14H17NO3/c1-3-12-8-15(14(17)18-12)9-13(16)11-6-4-10(2)5-7-11/h4-7,12H,3,8-9H2,1-2H3. The quantitative estimate of drug-likeness (QED) is 0.767. The molecule has 1 saturated heterocycles. The van der Waals surface area contributed by atoms with Crippen molar-refractivity contribution in [1.82, 2.24) is 4.90 Å². The molecule has 1 heterocycles. The van der Waals surface area contributed by atoms with Crippen LogP contribution >= 0.6 is 0 Å². The number of Topliss-reactive ketones (excluding diaryl/α,β-unsaturated/α-hetero) is 1. The van der Waals surface area contributed by atoms with Crippen LogP contribution in [0.2, 0.25) is 0 Å². The summed E-state index contributed by atoms with van der Waals surface area (Å²) in [5.74, 6) is -0.0521. The van der Waals surface area contributed by atoms with E-state index in [9.17, 15) is 9.59 Å². The minimum atomic E-state index is -0.387. The van der Waals surface area contributed by atoms with Gasteiger partial charge in [-0.3, -0.25) is 9.69 Å². The van der Waals surface area contributed by atoms with Gasteiger partial charge in [0, 0.05) is 5.56 Å². The van der Waals surface area contributed by atoms with Crippen molar-refractivity contribution in [3.05, 3.63) is 35.4 Å². The van der Waals surface area contributed by atoms with Gasteiger partial charge >= 0.3 is 6.09 Å². The second-order valence-electron chi connectivity index (χ2n) is 4.58. The number of carbonyl (C=O) groups is 2. The van der Waals surface area contributed by atoms with Crippen LogP contribution in [0, 0.1) is 6.92 Å². The topological polar surface area (TPSA) is 46.6 Å². The van der Waals surface area contributed by atoms with Gasteiger partial charge < -0.3 is 4.74 Å². The van der Waals surface area contributed by atoms with Crippen LogP contribution in [0.5, 0.6) is 0 Å². The molecule has 0 spiro atoms. The summed E-state index contributed by atoms with van der Waals surface area (Å²) in [5, 5.41) is 0. The summed E-state index contributed by atoms with van der Waals surface area (Å²) in [6.07, 6.45) is 0.312. The van der Waals surface area contributed by atoms with Crippen molar-refractivity contribution < 1.29 is 14.3 Å². The molecule has 1 amide bonds. The molecule has 0 saturated carbocycles. The summed E-state index contributed by atoms with van der Waals surface area (Å²) < 4.78 is 5.11. The maximum Gasteiger partial charge on any atom is 0.410 e. The first-order valence-corrected chi connectivity index (χ1v) is 6.15. The Balaban J connectivity index is 1.99. The van der Waals surface area contributed by atoms with E-state index in [1.807, 2.05) is 26.0 Å². The number of amides is 1. The number of cyclic esters (lactones) is 1. The summed E-state index contributed by atoms with van der Waals surface area (Å²) in [6, 6.07) is 7.36. The van der Waals surface area contributed by atoms with E-state index < -0.39 is 0 Å². The van der Waals surface area contributed by atoms with Crippen LogP contribution in [-0.4, -0.2) is 36.0 Å². The SMILES string of the molecule is CCC1CN(CC(=O)c2ccc(C)cc2)C(=O)O1. The van der Waals surface area contributed by atoms with Gasteiger partial charge in [0.15, 0.2) is 5.78 Å². The van der Waals surface area contributed by atoms with E-state index in [0.29, 0.717) is 12.1 Å². The fourth-order valence-corrected chi connectivity index (χ4v) is 1.92. The predicted octanol–water partition coefficient (Wildman–Crippen LogP) is 2.41. The fourth-order valence-electron chi connectivity index (χ4n) is 1.92. The first kappa shape index (κ1) is 12.6. The molecule has 4 nitrogen and oxygen atoms in total. The maximum atomic E-state index is 12.0. The van der Waals surface area contributed by atoms with Crippen molar-refractivity contribution in [3.8, 4) is 0 Å². The average molecular weight is 247 g/mol. The Labute approximate surface area is 107 Å². The molecule has 1 aliphatic heterocycles. The zero-order valence-corrected chi connectivity index (χ0v) is 10.7. The molecule has 1 aromatic rings. The lowest BCUT2D eigenvalue weighted by Gasteiger charge is -2.11. The van der Waals surface area contributed by atoms with Crippen LogP contribution in [0.15, 0.2) is 24.3 Å². The maximum absolute atomic E-state index is 12.0. The Morgan fingerprint density at radius 3 is 2.61 bits per heavy atom. The molecule has 1 fully saturated rings. The third kappa shape index (κ3) is 2.70. The van der Waals surface area contributed by atoms with Crippen LogP contribution in [0.3, 0.4) is 0 Å². The highest BCUT2D eigenvalue weighted by molar-refractivity contribution is 5.99. The molecular weight excluding hydrogens is 230 g/mol. The number of rotatable bonds is 4. The Kier molecular flexibility index (Phi) is 3.65. The number of ether oxygens (including phenoxy) is 1. The molecule has 4 heteroatoms. The Morgan fingerprint density at radius 2 is 2.06 bits per heavy atom. The first-order chi connectivity index (χ1) is 8.60. The third-order valence-corrected chi connectivity index (χ3v) is 3.11. The second kappa shape index (κ2) is 5.21. The van der Waals surface area contributed by atoms with Crippen molar-refractivity contribution >= 4 is 11.9 Å². The zero-order valence-electron chi connectivity index (χ0n) is 10.7. The number of hydrogen-bond acceptors (Lipinski definition) is 3. The molecule has 0 aromatic heterocycles. The van der Waals surface area contributed by atoms with Gasteiger partial charge in [0.2, 0.25) is 0 Å². The Bertz CT molecular complexity index is 453. The highest BCUT2D eigenvalue weighted by Crippen LogP contribution is 2.14. The van der Waals surface area contributed by atoms with Gasteiger partial charge in [-0.2, -0.15) is 0 Å². The van der Waals surface area contributed by atoms with Gasteiger partial charge in [-0.25, -0.2) is 4.79 Å². The number of aryl methyl sites for hydroxylation is 1. The molecule has 96 valence electrons. The molecule has 1 atom stereocenters. The van der Waals surface area contributed by atoms with Crippen molar-refractivity contribution in [2.24, 2.45) is 0 Å². The van der Waals surface area contributed by atoms with Crippen LogP contribution < -0.4 is 0 Å². The summed E-state index contributed by atoms with van der Waals surface area (Å²) in [6.45, 7) is 4.53. The Hall–Kier alpha value is -1.84. The summed E-state index contributed by atoms with van der Waals surface area (Å²) in [4.78, 5) is 25.0. The van der Waals surface area contributed by atoms with Crippen LogP contribution in [0.25, 0.3) is 0 Å². The number of benzene rings is 1. The fraction of sp³-hybridized carbons (Fsp3) is 0.429. The molecule has 1 unspecified atom stereocenters. The van der Waals surface area contributed by atoms with Gasteiger partial charge in [0.25, 0.3) is 0 Å². The van der Waals surface area contributed by atoms with Crippen LogP contribution in [-0.2, 0) is 4.74 Å². The number of ketones is 1. The lowest BCUT2D eigenvalue weighted by atomic mass is 10.1. The summed E-state index contributed by atoms with van der Waals surface area (Å²) in [7, 11) is 0. The third-order valence-electron chi connectivity index (χ3n) is 3.11. The predicted molar refractivity (Wildman–Crippen MR) is 67.6 cm³/mol. The van der Waals surface area contributed by atoms with Gasteiger partial charge in [-0.1, -0.05) is 36.8 Å². The van der Waals surface area contributed by atoms with Crippen molar-refractivity contribution in [1.29, 1.82) is 0 Å². The van der Waals surface area contributed by atoms with Crippen molar-refractivity contribution in [3.63, 3.8) is 0 Å². The monoisotopic (exact) mass is 247 g/mol. The molecule has 0 bridgehead atoms. The van der Waals surface area contributed by atoms with E-state index in [0.717, 1.165) is 12.0 Å². The van der Waals surface area contributed by atoms with Gasteiger partial charge in [0.05, 0.1) is 13.1 Å². The normalized spacial score (nSPS) is 18.9. The molecule has 2 rings (SSSR count). The van der Waals surface area contributed by atoms with Gasteiger partial charge in [0.1, 0.15) is 6.10 Å². The van der Waals surface area contributed by atoms with E-state index in [-0.39, 0.29) is 24.5 Å². The molecule has 0 aliphatic carbocycles. The minimum Gasteiger partial charge on any atom is -0.444 e. The first-order valence-electron chi connectivity index (χ1n) is 6.15. The van der Waals surface area contributed by atoms with E-state index in [4.69, 9.17) is 4.74 Å². The molecule has 1 aliphatic rings. The molecule has 18 heavy (non-hydrogen) atoms. The summed E-state index contributed by atoms with van der Waals surface area (Å²) in [5.41, 5.74) is 1.74. The zero-order chi connectivity index (χ0) is 13.1. The van der Waals surface area contributed by atoms with E-state index in [1.165, 1.54) is 4.90 Å². The average Bonchev–Trinajstić information content (AvgIpc) is 2.71. The largest absolute Gasteiger partial charge is 0.444 e. The highest BCUT2D eigenvalue weighted by Gasteiger charge is 2.31. The van der Waals surface area contributed by atoms with Gasteiger partial charge in [-0.05, 0) is 13.3 Å². The Morgan fingerprint density at radius 1 is 1.39 bits per heavy atom. The summed E-state index contributed by atoms with van der Waals surface area (Å²) >= 11 is 0. The lowest BCUT2D eigenvalue weighted by Crippen LogP contribution is -2.31. The van der Waals surface area contributed by atoms with E-state index in [1.54, 1.807) is 12.1 Å². The number of nitrogens with zero attached hydrogens (tertiary/aromatic N) is 1. The van der Waals surface area contributed by atoms with Crippen molar-refractivity contribution in [2.75, 3.05) is 13.1 Å². The molecule has 1 aromatic carbocycles. The molecule has 0 radical (unpaired) electrons. The molecule has 0 N–H and O–H groups in total. The van der Waals surface area contributed by atoms with Crippen molar-refractivity contribution in [2.45, 2.75) is 26.4 Å². The number of carbonyl (C=O) groups excluding carboxylic acids is 2. The van der Waals surface area contributed by atoms with Crippen LogP contribution in [0.4, 0.5) is 4.79 Å². The van der Waals surface area contributed by atoms with E-state index >= 15 is 0 Å². The smallest absolute Gasteiger partial charge is 0.410 e. The van der Waals surface area contributed by atoms with Gasteiger partial charge in [-0.15, -0.1) is 0 Å². The lowest BCUT2D eigenvalue weighted by molar-refractivity contribution is 0.0941.